The Bertz CT molecular complexity index is 712. The van der Waals surface area contributed by atoms with Crippen molar-refractivity contribution in [1.82, 2.24) is 10.0 Å². The number of sulfonamides is 1. The van der Waals surface area contributed by atoms with Crippen molar-refractivity contribution < 1.29 is 13.2 Å². The van der Waals surface area contributed by atoms with Crippen molar-refractivity contribution in [3.8, 4) is 0 Å². The number of nitrogens with one attached hydrogen (secondary N) is 2. The van der Waals surface area contributed by atoms with Crippen molar-refractivity contribution in [2.45, 2.75) is 77.2 Å². The van der Waals surface area contributed by atoms with E-state index >= 15 is 0 Å². The fourth-order valence-corrected chi connectivity index (χ4v) is 5.46. The SMILES string of the molecule is CCC1CCC(NC(=O)CCNS(=O)(=O)c2c(C)cc(C)cc2C)CC1. The minimum absolute atomic E-state index is 0.0787. The lowest BCUT2D eigenvalue weighted by atomic mass is 9.84. The van der Waals surface area contributed by atoms with Gasteiger partial charge in [0, 0.05) is 19.0 Å². The first-order valence-corrected chi connectivity index (χ1v) is 11.1. The summed E-state index contributed by atoms with van der Waals surface area (Å²) < 4.78 is 27.7. The van der Waals surface area contributed by atoms with Crippen molar-refractivity contribution >= 4 is 15.9 Å². The minimum atomic E-state index is -3.61. The van der Waals surface area contributed by atoms with Crippen LogP contribution in [0.2, 0.25) is 0 Å². The van der Waals surface area contributed by atoms with E-state index < -0.39 is 10.0 Å². The van der Waals surface area contributed by atoms with E-state index in [9.17, 15) is 13.2 Å². The summed E-state index contributed by atoms with van der Waals surface area (Å²) in [5, 5.41) is 3.05. The van der Waals surface area contributed by atoms with Gasteiger partial charge in [0.05, 0.1) is 4.90 Å². The average Bonchev–Trinajstić information content (AvgIpc) is 2.54. The summed E-state index contributed by atoms with van der Waals surface area (Å²) in [4.78, 5) is 12.4. The highest BCUT2D eigenvalue weighted by molar-refractivity contribution is 7.89. The van der Waals surface area contributed by atoms with Crippen LogP contribution in [0, 0.1) is 26.7 Å². The molecular formula is C20H32N2O3S. The van der Waals surface area contributed by atoms with Crippen LogP contribution in [0.4, 0.5) is 0 Å². The molecule has 0 bridgehead atoms. The molecule has 0 radical (unpaired) electrons. The molecule has 1 amide bonds. The first kappa shape index (κ1) is 20.9. The van der Waals surface area contributed by atoms with Crippen molar-refractivity contribution in [3.05, 3.63) is 28.8 Å². The fraction of sp³-hybridized carbons (Fsp3) is 0.650. The molecule has 0 aromatic heterocycles. The molecule has 2 rings (SSSR count). The number of carbonyl (C=O) groups excluding carboxylic acids is 1. The molecule has 5 nitrogen and oxygen atoms in total. The second-order valence-electron chi connectivity index (χ2n) is 7.57. The van der Waals surface area contributed by atoms with E-state index in [0.717, 1.165) is 35.4 Å². The van der Waals surface area contributed by atoms with Crippen LogP contribution in [0.3, 0.4) is 0 Å². The normalized spacial score (nSPS) is 20.8. The van der Waals surface area contributed by atoms with Gasteiger partial charge in [-0.1, -0.05) is 31.0 Å². The Labute approximate surface area is 158 Å². The zero-order valence-corrected chi connectivity index (χ0v) is 17.2. The number of amides is 1. The maximum atomic E-state index is 12.6. The van der Waals surface area contributed by atoms with Crippen LogP contribution in [0.5, 0.6) is 0 Å². The molecule has 1 fully saturated rings. The Morgan fingerprint density at radius 2 is 1.65 bits per heavy atom. The van der Waals surface area contributed by atoms with Gasteiger partial charge in [-0.3, -0.25) is 4.79 Å². The van der Waals surface area contributed by atoms with E-state index in [4.69, 9.17) is 0 Å². The van der Waals surface area contributed by atoms with Crippen LogP contribution in [0.15, 0.2) is 17.0 Å². The Hall–Kier alpha value is -1.40. The highest BCUT2D eigenvalue weighted by Crippen LogP contribution is 2.26. The van der Waals surface area contributed by atoms with E-state index in [2.05, 4.69) is 17.0 Å². The summed E-state index contributed by atoms with van der Waals surface area (Å²) >= 11 is 0. The summed E-state index contributed by atoms with van der Waals surface area (Å²) in [5.41, 5.74) is 2.50. The average molecular weight is 381 g/mol. The highest BCUT2D eigenvalue weighted by Gasteiger charge is 2.22. The quantitative estimate of drug-likeness (QED) is 0.761. The van der Waals surface area contributed by atoms with Crippen molar-refractivity contribution in [3.63, 3.8) is 0 Å². The molecule has 1 aromatic carbocycles. The predicted octanol–water partition coefficient (Wildman–Crippen LogP) is 3.37. The Kier molecular flexibility index (Phi) is 7.24. The third kappa shape index (κ3) is 5.55. The number of rotatable bonds is 7. The minimum Gasteiger partial charge on any atom is -0.353 e. The second-order valence-corrected chi connectivity index (χ2v) is 9.27. The number of hydrogen-bond acceptors (Lipinski definition) is 3. The monoisotopic (exact) mass is 380 g/mol. The summed E-state index contributed by atoms with van der Waals surface area (Å²) in [6.07, 6.45) is 5.76. The first-order valence-electron chi connectivity index (χ1n) is 9.59. The molecule has 26 heavy (non-hydrogen) atoms. The lowest BCUT2D eigenvalue weighted by molar-refractivity contribution is -0.121. The second kappa shape index (κ2) is 9.00. The summed E-state index contributed by atoms with van der Waals surface area (Å²) in [5.74, 6) is 0.709. The zero-order valence-electron chi connectivity index (χ0n) is 16.4. The molecule has 1 aliphatic rings. The lowest BCUT2D eigenvalue weighted by Gasteiger charge is -2.28. The Balaban J connectivity index is 1.84. The standard InChI is InChI=1S/C20H32N2O3S/c1-5-17-6-8-18(9-7-17)22-19(23)10-11-21-26(24,25)20-15(3)12-14(2)13-16(20)4/h12-13,17-18,21H,5-11H2,1-4H3,(H,22,23). The Morgan fingerprint density at radius 3 is 2.19 bits per heavy atom. The molecule has 6 heteroatoms. The van der Waals surface area contributed by atoms with Crippen LogP contribution in [-0.4, -0.2) is 26.9 Å². The number of aryl methyl sites for hydroxylation is 3. The zero-order chi connectivity index (χ0) is 19.3. The molecular weight excluding hydrogens is 348 g/mol. The van der Waals surface area contributed by atoms with Gasteiger partial charge in [-0.2, -0.15) is 0 Å². The molecule has 2 N–H and O–H groups in total. The Morgan fingerprint density at radius 1 is 1.08 bits per heavy atom. The van der Waals surface area contributed by atoms with Gasteiger partial charge in [-0.25, -0.2) is 13.1 Å². The van der Waals surface area contributed by atoms with Crippen molar-refractivity contribution in [2.75, 3.05) is 6.54 Å². The lowest BCUT2D eigenvalue weighted by Crippen LogP contribution is -2.39. The summed E-state index contributed by atoms with van der Waals surface area (Å²) in [7, 11) is -3.61. The van der Waals surface area contributed by atoms with Gasteiger partial charge in [-0.15, -0.1) is 0 Å². The smallest absolute Gasteiger partial charge is 0.241 e. The van der Waals surface area contributed by atoms with Crippen LogP contribution in [0.1, 0.15) is 62.1 Å². The highest BCUT2D eigenvalue weighted by atomic mass is 32.2. The molecule has 0 heterocycles. The molecule has 0 atom stereocenters. The molecule has 0 aliphatic heterocycles. The number of benzene rings is 1. The van der Waals surface area contributed by atoms with Crippen molar-refractivity contribution in [2.24, 2.45) is 5.92 Å². The van der Waals surface area contributed by atoms with Gasteiger partial charge in [0.25, 0.3) is 0 Å². The van der Waals surface area contributed by atoms with Crippen LogP contribution in [0.25, 0.3) is 0 Å². The molecule has 1 aliphatic carbocycles. The molecule has 1 aromatic rings. The van der Waals surface area contributed by atoms with E-state index in [1.54, 1.807) is 13.8 Å². The third-order valence-corrected chi connectivity index (χ3v) is 7.07. The van der Waals surface area contributed by atoms with Crippen LogP contribution in [-0.2, 0) is 14.8 Å². The van der Waals surface area contributed by atoms with Gasteiger partial charge in [0.1, 0.15) is 0 Å². The molecule has 1 saturated carbocycles. The molecule has 0 spiro atoms. The van der Waals surface area contributed by atoms with Crippen LogP contribution < -0.4 is 10.0 Å². The topological polar surface area (TPSA) is 75.3 Å². The largest absolute Gasteiger partial charge is 0.353 e. The maximum absolute atomic E-state index is 12.6. The molecule has 146 valence electrons. The molecule has 0 saturated heterocycles. The van der Waals surface area contributed by atoms with Gasteiger partial charge < -0.3 is 5.32 Å². The maximum Gasteiger partial charge on any atom is 0.241 e. The van der Waals surface area contributed by atoms with E-state index in [-0.39, 0.29) is 24.9 Å². The molecule has 0 unspecified atom stereocenters. The third-order valence-electron chi connectivity index (χ3n) is 5.31. The fourth-order valence-electron chi connectivity index (χ4n) is 3.98. The van der Waals surface area contributed by atoms with E-state index in [1.807, 2.05) is 19.1 Å². The number of carbonyl (C=O) groups is 1. The van der Waals surface area contributed by atoms with Gasteiger partial charge in [0.2, 0.25) is 15.9 Å². The van der Waals surface area contributed by atoms with Crippen molar-refractivity contribution in [1.29, 1.82) is 0 Å². The summed E-state index contributed by atoms with van der Waals surface area (Å²) in [6.45, 7) is 7.88. The predicted molar refractivity (Wildman–Crippen MR) is 105 cm³/mol. The van der Waals surface area contributed by atoms with Gasteiger partial charge >= 0.3 is 0 Å². The summed E-state index contributed by atoms with van der Waals surface area (Å²) in [6, 6.07) is 3.96. The van der Waals surface area contributed by atoms with E-state index in [1.165, 1.54) is 19.3 Å². The van der Waals surface area contributed by atoms with E-state index in [0.29, 0.717) is 4.90 Å². The van der Waals surface area contributed by atoms with Crippen LogP contribution >= 0.6 is 0 Å². The van der Waals surface area contributed by atoms with Gasteiger partial charge in [0.15, 0.2) is 0 Å². The van der Waals surface area contributed by atoms with Gasteiger partial charge in [-0.05, 0) is 63.5 Å². The number of hydrogen-bond donors (Lipinski definition) is 2. The first-order chi connectivity index (χ1) is 12.2.